The molecule has 1 N–H and O–H groups in total. The van der Waals surface area contributed by atoms with Gasteiger partial charge in [0.2, 0.25) is 0 Å². The van der Waals surface area contributed by atoms with E-state index in [9.17, 15) is 9.90 Å². The van der Waals surface area contributed by atoms with E-state index in [4.69, 9.17) is 4.74 Å². The van der Waals surface area contributed by atoms with Gasteiger partial charge in [0.1, 0.15) is 0 Å². The van der Waals surface area contributed by atoms with E-state index in [-0.39, 0.29) is 11.7 Å². The third-order valence-corrected chi connectivity index (χ3v) is 4.85. The molecule has 1 saturated heterocycles. The smallest absolute Gasteiger partial charge is 0.310 e. The van der Waals surface area contributed by atoms with E-state index >= 15 is 0 Å². The third-order valence-electron chi connectivity index (χ3n) is 4.85. The van der Waals surface area contributed by atoms with Crippen molar-refractivity contribution in [2.24, 2.45) is 11.3 Å². The summed E-state index contributed by atoms with van der Waals surface area (Å²) in [5.41, 5.74) is -0.723. The zero-order valence-electron chi connectivity index (χ0n) is 13.3. The van der Waals surface area contributed by atoms with E-state index in [1.54, 1.807) is 0 Å². The Morgan fingerprint density at radius 2 is 1.90 bits per heavy atom. The quantitative estimate of drug-likeness (QED) is 0.865. The number of carboxylic acids is 1. The van der Waals surface area contributed by atoms with Gasteiger partial charge in [-0.2, -0.15) is 0 Å². The van der Waals surface area contributed by atoms with Crippen LogP contribution in [0.1, 0.15) is 53.4 Å². The number of hydrogen-bond donors (Lipinski definition) is 1. The molecule has 116 valence electrons. The van der Waals surface area contributed by atoms with Crippen LogP contribution in [0.2, 0.25) is 0 Å². The van der Waals surface area contributed by atoms with Crippen molar-refractivity contribution >= 4 is 5.97 Å². The van der Waals surface area contributed by atoms with Crippen molar-refractivity contribution in [2.75, 3.05) is 19.6 Å². The summed E-state index contributed by atoms with van der Waals surface area (Å²) in [4.78, 5) is 14.1. The van der Waals surface area contributed by atoms with Crippen molar-refractivity contribution in [2.45, 2.75) is 65.1 Å². The summed E-state index contributed by atoms with van der Waals surface area (Å²) in [5, 5.41) is 9.74. The summed E-state index contributed by atoms with van der Waals surface area (Å²) >= 11 is 0. The fraction of sp³-hybridized carbons (Fsp3) is 0.938. The van der Waals surface area contributed by atoms with Crippen molar-refractivity contribution < 1.29 is 14.6 Å². The maximum Gasteiger partial charge on any atom is 0.310 e. The van der Waals surface area contributed by atoms with Crippen molar-refractivity contribution in [3.05, 3.63) is 0 Å². The maximum atomic E-state index is 11.8. The SMILES string of the molecule is CC1CCC(CN2CC(C)OC(C)(C)C2)(C(=O)O)CC1. The number of nitrogens with zero attached hydrogens (tertiary/aromatic N) is 1. The molecule has 0 bridgehead atoms. The van der Waals surface area contributed by atoms with Crippen LogP contribution in [0.3, 0.4) is 0 Å². The monoisotopic (exact) mass is 283 g/mol. The van der Waals surface area contributed by atoms with E-state index in [2.05, 4.69) is 32.6 Å². The number of carboxylic acid groups (broad SMARTS) is 1. The average Bonchev–Trinajstić information content (AvgIpc) is 2.29. The number of hydrogen-bond acceptors (Lipinski definition) is 3. The summed E-state index contributed by atoms with van der Waals surface area (Å²) in [7, 11) is 0. The fourth-order valence-electron chi connectivity index (χ4n) is 3.89. The molecule has 2 aliphatic rings. The van der Waals surface area contributed by atoms with Crippen LogP contribution in [0.4, 0.5) is 0 Å². The third kappa shape index (κ3) is 3.53. The lowest BCUT2D eigenvalue weighted by atomic mass is 9.70. The second kappa shape index (κ2) is 5.64. The van der Waals surface area contributed by atoms with Crippen LogP contribution < -0.4 is 0 Å². The van der Waals surface area contributed by atoms with E-state index in [0.717, 1.165) is 38.8 Å². The van der Waals surface area contributed by atoms with E-state index in [1.807, 2.05) is 0 Å². The molecule has 0 amide bonds. The normalized spacial score (nSPS) is 38.6. The molecule has 1 heterocycles. The van der Waals surface area contributed by atoms with Crippen LogP contribution in [-0.4, -0.2) is 47.3 Å². The molecule has 4 nitrogen and oxygen atoms in total. The predicted octanol–water partition coefficient (Wildman–Crippen LogP) is 2.77. The van der Waals surface area contributed by atoms with E-state index in [0.29, 0.717) is 12.5 Å². The second-order valence-corrected chi connectivity index (χ2v) is 7.63. The molecule has 1 atom stereocenters. The molecular weight excluding hydrogens is 254 g/mol. The molecule has 0 aromatic heterocycles. The van der Waals surface area contributed by atoms with Gasteiger partial charge in [-0.3, -0.25) is 9.69 Å². The Morgan fingerprint density at radius 1 is 1.30 bits per heavy atom. The molecular formula is C16H29NO3. The summed E-state index contributed by atoms with van der Waals surface area (Å²) in [6.45, 7) is 10.8. The summed E-state index contributed by atoms with van der Waals surface area (Å²) < 4.78 is 5.91. The van der Waals surface area contributed by atoms with Crippen LogP contribution >= 0.6 is 0 Å². The van der Waals surface area contributed by atoms with Gasteiger partial charge in [0, 0.05) is 19.6 Å². The Morgan fingerprint density at radius 3 is 2.40 bits per heavy atom. The highest BCUT2D eigenvalue weighted by atomic mass is 16.5. The van der Waals surface area contributed by atoms with Gasteiger partial charge in [-0.25, -0.2) is 0 Å². The topological polar surface area (TPSA) is 49.8 Å². The lowest BCUT2D eigenvalue weighted by Crippen LogP contribution is -2.56. The molecule has 20 heavy (non-hydrogen) atoms. The van der Waals surface area contributed by atoms with Crippen LogP contribution in [0.5, 0.6) is 0 Å². The summed E-state index contributed by atoms with van der Waals surface area (Å²) in [6, 6.07) is 0. The summed E-state index contributed by atoms with van der Waals surface area (Å²) in [6.07, 6.45) is 3.88. The zero-order valence-corrected chi connectivity index (χ0v) is 13.3. The van der Waals surface area contributed by atoms with Crippen molar-refractivity contribution in [1.82, 2.24) is 4.90 Å². The molecule has 1 aliphatic heterocycles. The molecule has 0 aromatic rings. The minimum absolute atomic E-state index is 0.173. The van der Waals surface area contributed by atoms with Gasteiger partial charge in [-0.1, -0.05) is 6.92 Å². The molecule has 0 radical (unpaired) electrons. The highest BCUT2D eigenvalue weighted by Gasteiger charge is 2.44. The number of ether oxygens (including phenoxy) is 1. The van der Waals surface area contributed by atoms with Gasteiger partial charge in [-0.15, -0.1) is 0 Å². The van der Waals surface area contributed by atoms with Crippen molar-refractivity contribution in [3.8, 4) is 0 Å². The Balaban J connectivity index is 2.07. The molecule has 0 spiro atoms. The molecule has 1 aliphatic carbocycles. The molecule has 1 unspecified atom stereocenters. The Labute approximate surface area is 122 Å². The molecule has 2 fully saturated rings. The average molecular weight is 283 g/mol. The van der Waals surface area contributed by atoms with Crippen LogP contribution in [0.25, 0.3) is 0 Å². The Kier molecular flexibility index (Phi) is 4.45. The second-order valence-electron chi connectivity index (χ2n) is 7.63. The number of rotatable bonds is 3. The number of carbonyl (C=O) groups is 1. The van der Waals surface area contributed by atoms with Gasteiger partial charge < -0.3 is 9.84 Å². The number of aliphatic carboxylic acids is 1. The first kappa shape index (κ1) is 15.8. The van der Waals surface area contributed by atoms with Gasteiger partial charge >= 0.3 is 5.97 Å². The lowest BCUT2D eigenvalue weighted by Gasteiger charge is -2.46. The fourth-order valence-corrected chi connectivity index (χ4v) is 3.89. The Hall–Kier alpha value is -0.610. The number of morpholine rings is 1. The minimum Gasteiger partial charge on any atom is -0.481 e. The van der Waals surface area contributed by atoms with Gasteiger partial charge in [0.05, 0.1) is 17.1 Å². The van der Waals surface area contributed by atoms with Gasteiger partial charge in [0.25, 0.3) is 0 Å². The molecule has 0 aromatic carbocycles. The van der Waals surface area contributed by atoms with E-state index in [1.165, 1.54) is 0 Å². The van der Waals surface area contributed by atoms with Crippen molar-refractivity contribution in [1.29, 1.82) is 0 Å². The highest BCUT2D eigenvalue weighted by Crippen LogP contribution is 2.40. The highest BCUT2D eigenvalue weighted by molar-refractivity contribution is 5.75. The van der Waals surface area contributed by atoms with Gasteiger partial charge in [-0.05, 0) is 52.4 Å². The Bertz CT molecular complexity index is 359. The first-order valence-electron chi connectivity index (χ1n) is 7.86. The first-order valence-corrected chi connectivity index (χ1v) is 7.86. The van der Waals surface area contributed by atoms with Crippen LogP contribution in [0.15, 0.2) is 0 Å². The zero-order chi connectivity index (χ0) is 15.0. The molecule has 4 heteroatoms. The predicted molar refractivity (Wildman–Crippen MR) is 78.8 cm³/mol. The lowest BCUT2D eigenvalue weighted by molar-refractivity contribution is -0.161. The standard InChI is InChI=1S/C16H29NO3/c1-12-5-7-16(8-6-12,14(18)19)11-17-9-13(2)20-15(3,4)10-17/h12-13H,5-11H2,1-4H3,(H,18,19). The van der Waals surface area contributed by atoms with Crippen LogP contribution in [-0.2, 0) is 9.53 Å². The summed E-state index contributed by atoms with van der Waals surface area (Å²) in [5.74, 6) is 0.0591. The first-order chi connectivity index (χ1) is 9.22. The van der Waals surface area contributed by atoms with Crippen molar-refractivity contribution in [3.63, 3.8) is 0 Å². The molecule has 1 saturated carbocycles. The molecule has 2 rings (SSSR count). The van der Waals surface area contributed by atoms with Crippen LogP contribution in [0, 0.1) is 11.3 Å². The largest absolute Gasteiger partial charge is 0.481 e. The van der Waals surface area contributed by atoms with E-state index < -0.39 is 11.4 Å². The van der Waals surface area contributed by atoms with Gasteiger partial charge in [0.15, 0.2) is 0 Å². The maximum absolute atomic E-state index is 11.8. The minimum atomic E-state index is -0.610.